The summed E-state index contributed by atoms with van der Waals surface area (Å²) in [5.74, 6) is -0.646. The third kappa shape index (κ3) is 6.28. The molecule has 0 radical (unpaired) electrons. The lowest BCUT2D eigenvalue weighted by Crippen LogP contribution is -2.01. The Balaban J connectivity index is 0.00000441. The van der Waals surface area contributed by atoms with Crippen LogP contribution in [0.1, 0.15) is 36.0 Å². The molecule has 0 aromatic heterocycles. The molecule has 0 saturated heterocycles. The molecule has 0 fully saturated rings. The lowest BCUT2D eigenvalue weighted by molar-refractivity contribution is -0.385. The van der Waals surface area contributed by atoms with Gasteiger partial charge in [0.25, 0.3) is 5.69 Å². The molecule has 0 saturated carbocycles. The summed E-state index contributed by atoms with van der Waals surface area (Å²) in [7, 11) is 0. The van der Waals surface area contributed by atoms with Gasteiger partial charge in [0.1, 0.15) is 5.75 Å². The van der Waals surface area contributed by atoms with Crippen molar-refractivity contribution in [2.45, 2.75) is 25.7 Å². The Hall–Kier alpha value is -1.86. The molecule has 1 aromatic rings. The van der Waals surface area contributed by atoms with Crippen LogP contribution in [0.25, 0.3) is 0 Å². The molecule has 0 heterocycles. The van der Waals surface area contributed by atoms with Crippen LogP contribution in [-0.2, 0) is 4.79 Å². The number of rotatable bonds is 9. The van der Waals surface area contributed by atoms with Gasteiger partial charge < -0.3 is 9.84 Å². The molecule has 0 spiro atoms. The van der Waals surface area contributed by atoms with Crippen LogP contribution in [0.4, 0.5) is 5.69 Å². The molecule has 0 bridgehead atoms. The van der Waals surface area contributed by atoms with E-state index in [1.54, 1.807) is 0 Å². The summed E-state index contributed by atoms with van der Waals surface area (Å²) in [5.41, 5.74) is -0.478. The van der Waals surface area contributed by atoms with Gasteiger partial charge in [0.15, 0.2) is 6.29 Å². The second kappa shape index (κ2) is 9.97. The smallest absolute Gasteiger partial charge is 0.303 e. The molecule has 0 amide bonds. The van der Waals surface area contributed by atoms with E-state index >= 15 is 0 Å². The summed E-state index contributed by atoms with van der Waals surface area (Å²) in [6.07, 6.45) is 2.32. The van der Waals surface area contributed by atoms with Gasteiger partial charge >= 0.3 is 5.97 Å². The van der Waals surface area contributed by atoms with Gasteiger partial charge in [0.05, 0.1) is 22.1 Å². The maximum Gasteiger partial charge on any atom is 0.303 e. The number of halogens is 2. The molecule has 1 aromatic carbocycles. The van der Waals surface area contributed by atoms with E-state index < -0.39 is 10.9 Å². The van der Waals surface area contributed by atoms with E-state index in [9.17, 15) is 19.7 Å². The van der Waals surface area contributed by atoms with E-state index in [1.165, 1.54) is 6.07 Å². The van der Waals surface area contributed by atoms with Crippen molar-refractivity contribution >= 4 is 42.0 Å². The van der Waals surface area contributed by atoms with Gasteiger partial charge in [-0.3, -0.25) is 19.7 Å². The lowest BCUT2D eigenvalue weighted by atomic mass is 10.2. The van der Waals surface area contributed by atoms with E-state index in [0.717, 1.165) is 6.07 Å². The normalized spacial score (nSPS) is 9.68. The molecule has 0 aliphatic heterocycles. The minimum Gasteiger partial charge on any atom is -0.492 e. The number of carbonyl (C=O) groups is 2. The Labute approximate surface area is 137 Å². The number of nitrogens with zero attached hydrogens (tertiary/aromatic N) is 1. The minimum atomic E-state index is -0.843. The third-order valence-electron chi connectivity index (χ3n) is 2.70. The minimum absolute atomic E-state index is 0. The number of ether oxygens (including phenoxy) is 1. The first kappa shape index (κ1) is 20.1. The molecule has 9 heteroatoms. The number of carboxylic acids is 1. The number of carboxylic acid groups (broad SMARTS) is 1. The van der Waals surface area contributed by atoms with E-state index in [2.05, 4.69) is 0 Å². The maximum atomic E-state index is 10.8. The standard InChI is InChI=1S/C13H14ClNO6.ClH/c14-10-7-11(15(19)20)9(8-16)6-12(10)21-5-3-1-2-4-13(17)18;/h6-8H,1-5H2,(H,17,18);1H. The highest BCUT2D eigenvalue weighted by atomic mass is 35.5. The molecule has 0 unspecified atom stereocenters. The van der Waals surface area contributed by atoms with Crippen LogP contribution < -0.4 is 4.74 Å². The molecule has 0 atom stereocenters. The van der Waals surface area contributed by atoms with Crippen LogP contribution in [0, 0.1) is 10.1 Å². The van der Waals surface area contributed by atoms with Crippen LogP contribution in [0.2, 0.25) is 5.02 Å². The van der Waals surface area contributed by atoms with Crippen molar-refractivity contribution in [1.29, 1.82) is 0 Å². The lowest BCUT2D eigenvalue weighted by Gasteiger charge is -2.08. The summed E-state index contributed by atoms with van der Waals surface area (Å²) in [6, 6.07) is 2.30. The van der Waals surface area contributed by atoms with Crippen molar-refractivity contribution in [3.05, 3.63) is 32.8 Å². The first-order chi connectivity index (χ1) is 9.95. The van der Waals surface area contributed by atoms with Gasteiger partial charge in [-0.25, -0.2) is 0 Å². The molecule has 1 N–H and O–H groups in total. The summed E-state index contributed by atoms with van der Waals surface area (Å²) < 4.78 is 5.36. The van der Waals surface area contributed by atoms with Crippen LogP contribution in [-0.4, -0.2) is 28.9 Å². The van der Waals surface area contributed by atoms with E-state index in [1.807, 2.05) is 0 Å². The third-order valence-corrected chi connectivity index (χ3v) is 2.99. The Kier molecular flexibility index (Phi) is 9.12. The number of nitro groups is 1. The average Bonchev–Trinajstić information content (AvgIpc) is 2.43. The quantitative estimate of drug-likeness (QED) is 0.315. The monoisotopic (exact) mass is 351 g/mol. The Bertz CT molecular complexity index is 550. The van der Waals surface area contributed by atoms with Crippen molar-refractivity contribution in [3.63, 3.8) is 0 Å². The highest BCUT2D eigenvalue weighted by Gasteiger charge is 2.17. The first-order valence-electron chi connectivity index (χ1n) is 6.23. The second-order valence-electron chi connectivity index (χ2n) is 4.27. The number of hydrogen-bond donors (Lipinski definition) is 1. The molecule has 7 nitrogen and oxygen atoms in total. The number of unbranched alkanes of at least 4 members (excludes halogenated alkanes) is 2. The highest BCUT2D eigenvalue weighted by Crippen LogP contribution is 2.31. The van der Waals surface area contributed by atoms with Crippen LogP contribution in [0.15, 0.2) is 12.1 Å². The van der Waals surface area contributed by atoms with Gasteiger partial charge in [-0.1, -0.05) is 11.6 Å². The van der Waals surface area contributed by atoms with Crippen molar-refractivity contribution in [3.8, 4) is 5.75 Å². The molecule has 0 aliphatic rings. The van der Waals surface area contributed by atoms with Gasteiger partial charge in [-0.2, -0.15) is 0 Å². The summed E-state index contributed by atoms with van der Waals surface area (Å²) in [6.45, 7) is 0.287. The second-order valence-corrected chi connectivity index (χ2v) is 4.68. The van der Waals surface area contributed by atoms with E-state index in [0.29, 0.717) is 25.5 Å². The number of hydrogen-bond acceptors (Lipinski definition) is 5. The molecule has 0 aliphatic carbocycles. The van der Waals surface area contributed by atoms with Crippen molar-refractivity contribution in [2.75, 3.05) is 6.61 Å². The van der Waals surface area contributed by atoms with E-state index in [4.69, 9.17) is 21.4 Å². The van der Waals surface area contributed by atoms with Crippen molar-refractivity contribution < 1.29 is 24.4 Å². The summed E-state index contributed by atoms with van der Waals surface area (Å²) in [4.78, 5) is 31.2. The number of carbonyl (C=O) groups excluding carboxylic acids is 1. The maximum absolute atomic E-state index is 10.8. The average molecular weight is 352 g/mol. The van der Waals surface area contributed by atoms with Crippen LogP contribution in [0.5, 0.6) is 5.75 Å². The topological polar surface area (TPSA) is 107 Å². The Morgan fingerprint density at radius 3 is 2.59 bits per heavy atom. The predicted molar refractivity (Wildman–Crippen MR) is 82.3 cm³/mol. The largest absolute Gasteiger partial charge is 0.492 e. The fourth-order valence-corrected chi connectivity index (χ4v) is 1.87. The fraction of sp³-hybridized carbons (Fsp3) is 0.385. The molecule has 122 valence electrons. The zero-order valence-electron chi connectivity index (χ0n) is 11.5. The zero-order valence-corrected chi connectivity index (χ0v) is 13.1. The first-order valence-corrected chi connectivity index (χ1v) is 6.61. The number of aliphatic carboxylic acids is 1. The van der Waals surface area contributed by atoms with Gasteiger partial charge in [-0.05, 0) is 25.3 Å². The van der Waals surface area contributed by atoms with Gasteiger partial charge in [-0.15, -0.1) is 12.4 Å². The Morgan fingerprint density at radius 1 is 1.36 bits per heavy atom. The van der Waals surface area contributed by atoms with Crippen molar-refractivity contribution in [2.24, 2.45) is 0 Å². The highest BCUT2D eigenvalue weighted by molar-refractivity contribution is 6.32. The SMILES string of the molecule is Cl.O=Cc1cc(OCCCCCC(=O)O)c(Cl)cc1[N+](=O)[O-]. The van der Waals surface area contributed by atoms with Crippen LogP contribution in [0.3, 0.4) is 0 Å². The zero-order chi connectivity index (χ0) is 15.8. The van der Waals surface area contributed by atoms with Crippen LogP contribution >= 0.6 is 24.0 Å². The molecule has 22 heavy (non-hydrogen) atoms. The summed E-state index contributed by atoms with van der Waals surface area (Å²) in [5, 5.41) is 19.3. The molecular weight excluding hydrogens is 337 g/mol. The summed E-state index contributed by atoms with van der Waals surface area (Å²) >= 11 is 5.86. The molecule has 1 rings (SSSR count). The van der Waals surface area contributed by atoms with Gasteiger partial charge in [0.2, 0.25) is 0 Å². The molecular formula is C13H15Cl2NO6. The predicted octanol–water partition coefficient (Wildman–Crippen LogP) is 3.51. The van der Waals surface area contributed by atoms with Crippen molar-refractivity contribution in [1.82, 2.24) is 0 Å². The van der Waals surface area contributed by atoms with Gasteiger partial charge in [0, 0.05) is 12.5 Å². The number of nitro benzene ring substituents is 1. The van der Waals surface area contributed by atoms with E-state index in [-0.39, 0.29) is 47.5 Å². The Morgan fingerprint density at radius 2 is 2.05 bits per heavy atom. The number of benzene rings is 1. The fourth-order valence-electron chi connectivity index (χ4n) is 1.66. The number of aldehydes is 1.